The molecule has 0 aromatic heterocycles. The fraction of sp³-hybridized carbons (Fsp3) is 0.360. The number of rotatable bonds is 8. The number of methoxy groups -OCH3 is 2. The van der Waals surface area contributed by atoms with Crippen molar-refractivity contribution in [1.82, 2.24) is 0 Å². The average Bonchev–Trinajstić information content (AvgIpc) is 3.08. The van der Waals surface area contributed by atoms with Crippen LogP contribution in [0.15, 0.2) is 54.4 Å². The molecule has 7 heteroatoms. The van der Waals surface area contributed by atoms with Crippen LogP contribution in [-0.2, 0) is 9.53 Å². The second kappa shape index (κ2) is 9.65. The number of allylic oxidation sites excluding steroid dienone is 4. The van der Waals surface area contributed by atoms with E-state index in [-0.39, 0.29) is 52.4 Å². The molecule has 0 saturated carbocycles. The Morgan fingerprint density at radius 1 is 1.31 bits per heavy atom. The highest BCUT2D eigenvalue weighted by Gasteiger charge is 2.60. The molecule has 170 valence electrons. The van der Waals surface area contributed by atoms with Gasteiger partial charge < -0.3 is 18.9 Å². The molecule has 0 radical (unpaired) electrons. The molecule has 32 heavy (non-hydrogen) atoms. The maximum Gasteiger partial charge on any atom is 0.231 e. The van der Waals surface area contributed by atoms with Crippen molar-refractivity contribution in [2.24, 2.45) is 5.92 Å². The van der Waals surface area contributed by atoms with Gasteiger partial charge in [-0.2, -0.15) is 0 Å². The van der Waals surface area contributed by atoms with Gasteiger partial charge in [0, 0.05) is 24.5 Å². The van der Waals surface area contributed by atoms with Gasteiger partial charge in [0.05, 0.1) is 14.2 Å². The number of Topliss-reactive ketones (excluding diaryl/α,β-unsaturated/α-hetero) is 1. The van der Waals surface area contributed by atoms with Crippen molar-refractivity contribution in [2.75, 3.05) is 20.8 Å². The summed E-state index contributed by atoms with van der Waals surface area (Å²) < 4.78 is 23.1. The van der Waals surface area contributed by atoms with Crippen molar-refractivity contribution >= 4 is 23.2 Å². The van der Waals surface area contributed by atoms with E-state index in [2.05, 4.69) is 6.58 Å². The van der Waals surface area contributed by atoms with E-state index in [1.54, 1.807) is 19.1 Å². The summed E-state index contributed by atoms with van der Waals surface area (Å²) in [7, 11) is 2.92. The van der Waals surface area contributed by atoms with Gasteiger partial charge in [0.25, 0.3) is 0 Å². The third-order valence-corrected chi connectivity index (χ3v) is 5.93. The Bertz CT molecular complexity index is 1040. The quantitative estimate of drug-likeness (QED) is 0.495. The van der Waals surface area contributed by atoms with Gasteiger partial charge in [-0.1, -0.05) is 56.3 Å². The van der Waals surface area contributed by atoms with E-state index in [0.717, 1.165) is 12.0 Å². The molecule has 6 nitrogen and oxygen atoms in total. The first-order valence-corrected chi connectivity index (χ1v) is 10.8. The summed E-state index contributed by atoms with van der Waals surface area (Å²) in [5.41, 5.74) is -0.474. The lowest BCUT2D eigenvalue weighted by atomic mass is 9.75. The third kappa shape index (κ3) is 3.95. The van der Waals surface area contributed by atoms with Crippen molar-refractivity contribution in [2.45, 2.75) is 32.3 Å². The molecule has 2 atom stereocenters. The van der Waals surface area contributed by atoms with E-state index in [9.17, 15) is 9.59 Å². The number of hydrogen-bond donors (Lipinski definition) is 0. The Kier molecular flexibility index (Phi) is 7.14. The van der Waals surface area contributed by atoms with Crippen LogP contribution in [0.3, 0.4) is 0 Å². The van der Waals surface area contributed by atoms with Crippen molar-refractivity contribution in [3.63, 3.8) is 0 Å². The monoisotopic (exact) mass is 458 g/mol. The van der Waals surface area contributed by atoms with Gasteiger partial charge in [-0.05, 0) is 12.0 Å². The SMILES string of the molecule is C=C/C=C(\C=C/CC)COC1=CC(=O)C[C@@H](C)[C@]12Oc1c(Cl)c(OC)cc(OC)c1C2=O. The number of hydrogen-bond acceptors (Lipinski definition) is 6. The van der Waals surface area contributed by atoms with Gasteiger partial charge in [-0.25, -0.2) is 0 Å². The average molecular weight is 459 g/mol. The zero-order valence-electron chi connectivity index (χ0n) is 18.7. The maximum absolute atomic E-state index is 13.8. The lowest BCUT2D eigenvalue weighted by Gasteiger charge is -2.37. The summed E-state index contributed by atoms with van der Waals surface area (Å²) in [6, 6.07) is 1.55. The van der Waals surface area contributed by atoms with Gasteiger partial charge >= 0.3 is 0 Å². The van der Waals surface area contributed by atoms with Gasteiger partial charge in [0.2, 0.25) is 11.4 Å². The Morgan fingerprint density at radius 2 is 2.03 bits per heavy atom. The number of fused-ring (bicyclic) bond motifs is 1. The van der Waals surface area contributed by atoms with Crippen LogP contribution in [0.2, 0.25) is 5.02 Å². The smallest absolute Gasteiger partial charge is 0.231 e. The highest BCUT2D eigenvalue weighted by atomic mass is 35.5. The number of ketones is 2. The molecule has 0 unspecified atom stereocenters. The van der Waals surface area contributed by atoms with Crippen LogP contribution in [0.4, 0.5) is 0 Å². The minimum atomic E-state index is -1.52. The summed E-state index contributed by atoms with van der Waals surface area (Å²) >= 11 is 6.49. The Labute approximate surface area is 193 Å². The number of carbonyl (C=O) groups is 2. The molecular weight excluding hydrogens is 432 g/mol. The van der Waals surface area contributed by atoms with Gasteiger partial charge in [0.1, 0.15) is 28.7 Å². The minimum absolute atomic E-state index is 0.134. The Morgan fingerprint density at radius 3 is 2.66 bits per heavy atom. The molecule has 0 bridgehead atoms. The Balaban J connectivity index is 2.07. The van der Waals surface area contributed by atoms with Crippen LogP contribution in [0.1, 0.15) is 37.0 Å². The van der Waals surface area contributed by atoms with Crippen LogP contribution >= 0.6 is 11.6 Å². The summed E-state index contributed by atoms with van der Waals surface area (Å²) in [6.07, 6.45) is 9.70. The third-order valence-electron chi connectivity index (χ3n) is 5.57. The minimum Gasteiger partial charge on any atom is -0.496 e. The van der Waals surface area contributed by atoms with Crippen LogP contribution in [0.25, 0.3) is 0 Å². The molecule has 0 N–H and O–H groups in total. The fourth-order valence-corrected chi connectivity index (χ4v) is 4.24. The zero-order valence-corrected chi connectivity index (χ0v) is 19.5. The molecular formula is C25H27ClO6. The van der Waals surface area contributed by atoms with E-state index in [4.69, 9.17) is 30.5 Å². The molecule has 3 rings (SSSR count). The first-order chi connectivity index (χ1) is 15.3. The number of halogens is 1. The van der Waals surface area contributed by atoms with Crippen LogP contribution in [0.5, 0.6) is 17.2 Å². The summed E-state index contributed by atoms with van der Waals surface area (Å²) in [5.74, 6) is -0.0722. The van der Waals surface area contributed by atoms with Crippen LogP contribution in [-0.4, -0.2) is 38.0 Å². The standard InChI is InChI=1S/C25H27ClO6/c1-6-8-10-16(9-7-2)14-31-20-12-17(27)11-15(3)25(20)24(28)21-18(29-4)13-19(30-5)22(26)23(21)32-25/h7-10,12-13,15H,2,6,11,14H2,1,3-5H3/b10-8-,16-9+/t15-,25+/m1/s1. The molecule has 2 aliphatic rings. The molecule has 0 saturated heterocycles. The van der Waals surface area contributed by atoms with E-state index in [1.807, 2.05) is 25.2 Å². The van der Waals surface area contributed by atoms with Gasteiger partial charge in [0.15, 0.2) is 17.3 Å². The fourth-order valence-electron chi connectivity index (χ4n) is 3.97. The summed E-state index contributed by atoms with van der Waals surface area (Å²) in [4.78, 5) is 26.2. The molecule has 0 amide bonds. The van der Waals surface area contributed by atoms with Crippen molar-refractivity contribution in [3.8, 4) is 17.2 Å². The number of benzene rings is 1. The predicted molar refractivity (Wildman–Crippen MR) is 123 cm³/mol. The first-order valence-electron chi connectivity index (χ1n) is 10.4. The molecule has 0 fully saturated rings. The lowest BCUT2D eigenvalue weighted by molar-refractivity contribution is -0.118. The van der Waals surface area contributed by atoms with Crippen molar-refractivity contribution in [1.29, 1.82) is 0 Å². The normalized spacial score (nSPS) is 22.6. The van der Waals surface area contributed by atoms with E-state index in [1.165, 1.54) is 20.3 Å². The largest absolute Gasteiger partial charge is 0.496 e. The number of ether oxygens (including phenoxy) is 4. The van der Waals surface area contributed by atoms with E-state index < -0.39 is 11.5 Å². The highest BCUT2D eigenvalue weighted by molar-refractivity contribution is 6.35. The topological polar surface area (TPSA) is 71.1 Å². The second-order valence-electron chi connectivity index (χ2n) is 7.62. The second-order valence-corrected chi connectivity index (χ2v) is 8.00. The predicted octanol–water partition coefficient (Wildman–Crippen LogP) is 5.26. The van der Waals surface area contributed by atoms with E-state index in [0.29, 0.717) is 5.75 Å². The van der Waals surface area contributed by atoms with Crippen LogP contribution in [0, 0.1) is 5.92 Å². The molecule has 1 aliphatic carbocycles. The van der Waals surface area contributed by atoms with Gasteiger partial charge in [-0.15, -0.1) is 0 Å². The van der Waals surface area contributed by atoms with Crippen molar-refractivity contribution in [3.05, 3.63) is 64.9 Å². The number of carbonyl (C=O) groups excluding carboxylic acids is 2. The zero-order chi connectivity index (χ0) is 23.5. The molecule has 1 heterocycles. The van der Waals surface area contributed by atoms with Crippen LogP contribution < -0.4 is 14.2 Å². The molecule has 1 aromatic carbocycles. The Hall–Kier alpha value is -2.99. The lowest BCUT2D eigenvalue weighted by Crippen LogP contribution is -2.51. The molecule has 1 aliphatic heterocycles. The first kappa shape index (κ1) is 23.7. The summed E-state index contributed by atoms with van der Waals surface area (Å²) in [6.45, 7) is 7.67. The van der Waals surface area contributed by atoms with Gasteiger partial charge in [-0.3, -0.25) is 9.59 Å². The maximum atomic E-state index is 13.8. The van der Waals surface area contributed by atoms with Crippen molar-refractivity contribution < 1.29 is 28.5 Å². The van der Waals surface area contributed by atoms with E-state index >= 15 is 0 Å². The molecule has 1 aromatic rings. The summed E-state index contributed by atoms with van der Waals surface area (Å²) in [5, 5.41) is 0.162. The molecule has 1 spiro atoms. The highest BCUT2D eigenvalue weighted by Crippen LogP contribution is 2.54.